The summed E-state index contributed by atoms with van der Waals surface area (Å²) in [6.07, 6.45) is 2.65. The van der Waals surface area contributed by atoms with Crippen molar-refractivity contribution < 1.29 is 24.9 Å². The Hall–Kier alpha value is -1.17. The lowest BCUT2D eigenvalue weighted by atomic mass is 9.95. The molecule has 0 heterocycles. The Kier molecular flexibility index (Phi) is 3.05. The third kappa shape index (κ3) is 2.20. The summed E-state index contributed by atoms with van der Waals surface area (Å²) in [6.45, 7) is 0. The third-order valence-electron chi connectivity index (χ3n) is 2.06. The maximum atomic E-state index is 10.5. The molecule has 0 saturated heterocycles. The van der Waals surface area contributed by atoms with Gasteiger partial charge >= 0.3 is 5.97 Å². The first kappa shape index (κ1) is 10.9. The van der Waals surface area contributed by atoms with E-state index in [1.54, 1.807) is 0 Å². The average molecular weight is 200 g/mol. The molecule has 0 aromatic carbocycles. The second-order valence-corrected chi connectivity index (χ2v) is 3.07. The van der Waals surface area contributed by atoms with Crippen molar-refractivity contribution in [3.8, 4) is 0 Å². The van der Waals surface area contributed by atoms with Gasteiger partial charge in [-0.05, 0) is 11.6 Å². The van der Waals surface area contributed by atoms with Crippen LogP contribution in [0.25, 0.3) is 0 Å². The van der Waals surface area contributed by atoms with Gasteiger partial charge in [0.05, 0.1) is 0 Å². The minimum absolute atomic E-state index is 0.0481. The normalized spacial score (nSPS) is 28.4. The predicted octanol–water partition coefficient (Wildman–Crippen LogP) is -0.347. The predicted molar refractivity (Wildman–Crippen MR) is 47.4 cm³/mol. The summed E-state index contributed by atoms with van der Waals surface area (Å²) in [6, 6.07) is 0. The molecule has 0 aromatic heterocycles. The second-order valence-electron chi connectivity index (χ2n) is 3.07. The molecular formula is C9H12O5. The van der Waals surface area contributed by atoms with Gasteiger partial charge in [-0.3, -0.25) is 0 Å². The molecule has 0 aliphatic heterocycles. The van der Waals surface area contributed by atoms with Crippen LogP contribution in [-0.2, 0) is 9.53 Å². The van der Waals surface area contributed by atoms with Gasteiger partial charge in [-0.15, -0.1) is 0 Å². The molecule has 14 heavy (non-hydrogen) atoms. The maximum absolute atomic E-state index is 10.5. The number of carbonyl (C=O) groups is 1. The van der Waals surface area contributed by atoms with Crippen LogP contribution in [0.2, 0.25) is 0 Å². The van der Waals surface area contributed by atoms with Crippen molar-refractivity contribution in [2.45, 2.75) is 18.3 Å². The summed E-state index contributed by atoms with van der Waals surface area (Å²) in [5.74, 6) is -2.86. The summed E-state index contributed by atoms with van der Waals surface area (Å²) < 4.78 is 4.76. The molecule has 0 saturated carbocycles. The Labute approximate surface area is 80.9 Å². The fraction of sp³-hybridized carbons (Fsp3) is 0.444. The molecule has 0 aromatic rings. The molecule has 2 unspecified atom stereocenters. The Morgan fingerprint density at radius 1 is 1.71 bits per heavy atom. The van der Waals surface area contributed by atoms with Gasteiger partial charge in [0.2, 0.25) is 0 Å². The van der Waals surface area contributed by atoms with E-state index in [1.165, 1.54) is 25.3 Å². The van der Waals surface area contributed by atoms with Crippen molar-refractivity contribution in [3.63, 3.8) is 0 Å². The van der Waals surface area contributed by atoms with E-state index >= 15 is 0 Å². The number of aliphatic hydroxyl groups excluding tert-OH is 1. The largest absolute Gasteiger partial charge is 0.479 e. The van der Waals surface area contributed by atoms with Gasteiger partial charge in [0, 0.05) is 13.5 Å². The number of hydrogen-bond donors (Lipinski definition) is 3. The van der Waals surface area contributed by atoms with Crippen molar-refractivity contribution >= 4 is 5.97 Å². The van der Waals surface area contributed by atoms with Crippen molar-refractivity contribution in [1.29, 1.82) is 0 Å². The lowest BCUT2D eigenvalue weighted by molar-refractivity contribution is -0.152. The van der Waals surface area contributed by atoms with Gasteiger partial charge < -0.3 is 20.1 Å². The molecule has 0 amide bonds. The van der Waals surface area contributed by atoms with Crippen LogP contribution in [0.5, 0.6) is 0 Å². The molecule has 0 bridgehead atoms. The van der Waals surface area contributed by atoms with Crippen LogP contribution < -0.4 is 0 Å². The number of methoxy groups -OCH3 is 1. The zero-order chi connectivity index (χ0) is 10.8. The van der Waals surface area contributed by atoms with E-state index in [0.29, 0.717) is 0 Å². The van der Waals surface area contributed by atoms with Gasteiger partial charge in [0.25, 0.3) is 0 Å². The molecule has 0 spiro atoms. The highest BCUT2D eigenvalue weighted by Gasteiger charge is 2.31. The van der Waals surface area contributed by atoms with Crippen molar-refractivity contribution in [2.75, 3.05) is 7.11 Å². The molecular weight excluding hydrogens is 188 g/mol. The van der Waals surface area contributed by atoms with Crippen LogP contribution in [0.3, 0.4) is 0 Å². The average Bonchev–Trinajstić information content (AvgIpc) is 2.16. The maximum Gasteiger partial charge on any atom is 0.336 e. The topological polar surface area (TPSA) is 87.0 Å². The molecule has 5 nitrogen and oxygen atoms in total. The number of rotatable bonds is 3. The Bertz CT molecular complexity index is 294. The zero-order valence-electron chi connectivity index (χ0n) is 7.67. The minimum Gasteiger partial charge on any atom is -0.479 e. The fourth-order valence-electron chi connectivity index (χ4n) is 1.22. The number of allylic oxidation sites excluding steroid dienone is 2. The molecule has 5 heteroatoms. The first-order chi connectivity index (χ1) is 6.48. The van der Waals surface area contributed by atoms with Gasteiger partial charge in [0.1, 0.15) is 0 Å². The lowest BCUT2D eigenvalue weighted by Gasteiger charge is -2.27. The van der Waals surface area contributed by atoms with E-state index in [1.807, 2.05) is 0 Å². The van der Waals surface area contributed by atoms with E-state index in [0.717, 1.165) is 0 Å². The van der Waals surface area contributed by atoms with Crippen LogP contribution >= 0.6 is 0 Å². The van der Waals surface area contributed by atoms with Crippen LogP contribution in [0.4, 0.5) is 0 Å². The Balaban J connectivity index is 2.80. The molecule has 0 radical (unpaired) electrons. The highest BCUT2D eigenvalue weighted by atomic mass is 16.6. The molecule has 0 fully saturated rings. The number of carboxylic acid groups (broad SMARTS) is 1. The summed E-state index contributed by atoms with van der Waals surface area (Å²) in [5.41, 5.74) is 0.212. The molecule has 1 aliphatic carbocycles. The first-order valence-corrected chi connectivity index (χ1v) is 4.05. The number of ether oxygens (including phenoxy) is 1. The lowest BCUT2D eigenvalue weighted by Crippen LogP contribution is -2.34. The number of hydrogen-bond acceptors (Lipinski definition) is 4. The molecule has 1 rings (SSSR count). The first-order valence-electron chi connectivity index (χ1n) is 4.05. The summed E-state index contributed by atoms with van der Waals surface area (Å²) >= 11 is 0. The SMILES string of the molecule is COC1(O)C=CC=C(C(O)C(=O)O)C1. The van der Waals surface area contributed by atoms with Gasteiger partial charge in [-0.1, -0.05) is 12.2 Å². The fourth-order valence-corrected chi connectivity index (χ4v) is 1.22. The minimum atomic E-state index is -1.60. The third-order valence-corrected chi connectivity index (χ3v) is 2.06. The second kappa shape index (κ2) is 3.91. The monoisotopic (exact) mass is 200 g/mol. The highest BCUT2D eigenvalue weighted by Crippen LogP contribution is 2.25. The summed E-state index contributed by atoms with van der Waals surface area (Å²) in [5, 5.41) is 27.4. The van der Waals surface area contributed by atoms with Crippen LogP contribution in [0.15, 0.2) is 23.8 Å². The van der Waals surface area contributed by atoms with Crippen molar-refractivity contribution in [3.05, 3.63) is 23.8 Å². The van der Waals surface area contributed by atoms with Crippen LogP contribution in [0.1, 0.15) is 6.42 Å². The van der Waals surface area contributed by atoms with Gasteiger partial charge in [-0.25, -0.2) is 4.79 Å². The highest BCUT2D eigenvalue weighted by molar-refractivity contribution is 5.76. The van der Waals surface area contributed by atoms with Gasteiger partial charge in [-0.2, -0.15) is 0 Å². The van der Waals surface area contributed by atoms with Gasteiger partial charge in [0.15, 0.2) is 11.9 Å². The Morgan fingerprint density at radius 3 is 2.86 bits per heavy atom. The molecule has 3 N–H and O–H groups in total. The van der Waals surface area contributed by atoms with Crippen molar-refractivity contribution in [2.24, 2.45) is 0 Å². The molecule has 1 aliphatic rings. The number of carboxylic acids is 1. The zero-order valence-corrected chi connectivity index (χ0v) is 7.67. The quantitative estimate of drug-likeness (QED) is 0.542. The van der Waals surface area contributed by atoms with E-state index in [4.69, 9.17) is 9.84 Å². The van der Waals surface area contributed by atoms with Crippen LogP contribution in [0, 0.1) is 0 Å². The molecule has 78 valence electrons. The van der Waals surface area contributed by atoms with E-state index in [-0.39, 0.29) is 12.0 Å². The van der Waals surface area contributed by atoms with E-state index in [2.05, 4.69) is 0 Å². The summed E-state index contributed by atoms with van der Waals surface area (Å²) in [4.78, 5) is 10.5. The standard InChI is InChI=1S/C9H12O5/c1-14-9(13)4-2-3-6(5-9)7(10)8(11)12/h2-4,7,10,13H,5H2,1H3,(H,11,12). The smallest absolute Gasteiger partial charge is 0.336 e. The number of aliphatic carboxylic acids is 1. The van der Waals surface area contributed by atoms with E-state index in [9.17, 15) is 15.0 Å². The molecule has 2 atom stereocenters. The summed E-state index contributed by atoms with van der Waals surface area (Å²) in [7, 11) is 1.31. The Morgan fingerprint density at radius 2 is 2.36 bits per heavy atom. The number of aliphatic hydroxyl groups is 2. The van der Waals surface area contributed by atoms with E-state index < -0.39 is 17.9 Å². The van der Waals surface area contributed by atoms with Crippen LogP contribution in [-0.4, -0.2) is 40.3 Å². The van der Waals surface area contributed by atoms with Crippen molar-refractivity contribution in [1.82, 2.24) is 0 Å².